The Morgan fingerprint density at radius 1 is 1.23 bits per heavy atom. The second-order valence-electron chi connectivity index (χ2n) is 7.29. The van der Waals surface area contributed by atoms with E-state index in [1.165, 1.54) is 12.0 Å². The van der Waals surface area contributed by atoms with Gasteiger partial charge in [0.25, 0.3) is 0 Å². The summed E-state index contributed by atoms with van der Waals surface area (Å²) < 4.78 is 12.4. The molecule has 0 spiro atoms. The van der Waals surface area contributed by atoms with Gasteiger partial charge < -0.3 is 9.47 Å². The molecule has 0 N–H and O–H groups in total. The van der Waals surface area contributed by atoms with Gasteiger partial charge >= 0.3 is 0 Å². The Morgan fingerprint density at radius 3 is 2.59 bits per heavy atom. The number of halogens is 1. The van der Waals surface area contributed by atoms with Gasteiger partial charge in [0.05, 0.1) is 6.10 Å². The van der Waals surface area contributed by atoms with Crippen LogP contribution in [0, 0.1) is 5.92 Å². The van der Waals surface area contributed by atoms with E-state index in [1.807, 2.05) is 13.8 Å². The Balaban J connectivity index is 1.64. The highest BCUT2D eigenvalue weighted by Gasteiger charge is 2.63. The van der Waals surface area contributed by atoms with Crippen LogP contribution < -0.4 is 0 Å². The predicted octanol–water partition coefficient (Wildman–Crippen LogP) is 3.74. The number of piperidine rings is 1. The third-order valence-corrected chi connectivity index (χ3v) is 6.29. The van der Waals surface area contributed by atoms with Crippen molar-refractivity contribution >= 4 is 15.9 Å². The molecule has 2 aliphatic heterocycles. The van der Waals surface area contributed by atoms with Gasteiger partial charge in [-0.2, -0.15) is 0 Å². The lowest BCUT2D eigenvalue weighted by Crippen LogP contribution is -2.54. The van der Waals surface area contributed by atoms with E-state index in [1.54, 1.807) is 0 Å². The molecule has 3 aliphatic rings. The molecule has 2 saturated heterocycles. The monoisotopic (exact) mass is 365 g/mol. The van der Waals surface area contributed by atoms with E-state index in [0.717, 1.165) is 5.33 Å². The first-order chi connectivity index (χ1) is 10.5. The first-order valence-corrected chi connectivity index (χ1v) is 9.38. The van der Waals surface area contributed by atoms with Crippen molar-refractivity contribution in [3.05, 3.63) is 35.9 Å². The Morgan fingerprint density at radius 2 is 1.91 bits per heavy atom. The zero-order valence-electron chi connectivity index (χ0n) is 13.4. The average molecular weight is 366 g/mol. The van der Waals surface area contributed by atoms with Gasteiger partial charge in [-0.1, -0.05) is 46.3 Å². The highest BCUT2D eigenvalue weighted by Crippen LogP contribution is 2.53. The molecule has 4 heteroatoms. The fraction of sp³-hybridized carbons (Fsp3) is 0.667. The Kier molecular flexibility index (Phi) is 3.65. The zero-order valence-corrected chi connectivity index (χ0v) is 15.0. The topological polar surface area (TPSA) is 21.7 Å². The molecule has 1 aromatic rings. The smallest absolute Gasteiger partial charge is 0.163 e. The number of hydrogen-bond donors (Lipinski definition) is 0. The molecule has 3 nitrogen and oxygen atoms in total. The Labute approximate surface area is 141 Å². The second kappa shape index (κ2) is 5.30. The van der Waals surface area contributed by atoms with Crippen LogP contribution in [0.5, 0.6) is 0 Å². The van der Waals surface area contributed by atoms with Crippen LogP contribution in [-0.2, 0) is 9.47 Å². The molecule has 1 saturated carbocycles. The highest BCUT2D eigenvalue weighted by molar-refractivity contribution is 9.09. The van der Waals surface area contributed by atoms with Crippen LogP contribution in [0.2, 0.25) is 0 Å². The summed E-state index contributed by atoms with van der Waals surface area (Å²) in [7, 11) is 0. The summed E-state index contributed by atoms with van der Waals surface area (Å²) in [5.74, 6) is 0.136. The SMILES string of the molecule is C[C@@H](c1ccccc1)N1C(CBr)C2CC1C1OC(C)(C)OC21. The zero-order chi connectivity index (χ0) is 15.5. The summed E-state index contributed by atoms with van der Waals surface area (Å²) in [5.41, 5.74) is 1.38. The minimum absolute atomic E-state index is 0.224. The minimum Gasteiger partial charge on any atom is -0.344 e. The van der Waals surface area contributed by atoms with Crippen molar-refractivity contribution in [1.29, 1.82) is 0 Å². The van der Waals surface area contributed by atoms with Crippen LogP contribution in [-0.4, -0.2) is 40.3 Å². The molecule has 5 unspecified atom stereocenters. The second-order valence-corrected chi connectivity index (χ2v) is 7.93. The largest absolute Gasteiger partial charge is 0.344 e. The Bertz CT molecular complexity index is 549. The van der Waals surface area contributed by atoms with Crippen molar-refractivity contribution in [2.75, 3.05) is 5.33 Å². The summed E-state index contributed by atoms with van der Waals surface area (Å²) in [5, 5.41) is 0.998. The molecular formula is C18H24BrNO2. The molecule has 0 radical (unpaired) electrons. The van der Waals surface area contributed by atoms with E-state index in [2.05, 4.69) is 58.1 Å². The maximum Gasteiger partial charge on any atom is 0.163 e. The number of hydrogen-bond acceptors (Lipinski definition) is 3. The lowest BCUT2D eigenvalue weighted by atomic mass is 9.93. The fourth-order valence-electron chi connectivity index (χ4n) is 4.80. The average Bonchev–Trinajstić information content (AvgIpc) is 3.13. The summed E-state index contributed by atoms with van der Waals surface area (Å²) in [6, 6.07) is 12.2. The maximum atomic E-state index is 6.24. The van der Waals surface area contributed by atoms with Crippen LogP contribution in [0.1, 0.15) is 38.8 Å². The molecular weight excluding hydrogens is 342 g/mol. The van der Waals surface area contributed by atoms with Gasteiger partial charge in [-0.15, -0.1) is 0 Å². The standard InChI is InChI=1S/C18H24BrNO2/c1-11(12-7-5-4-6-8-12)20-14-9-13(15(20)10-19)16-17(14)22-18(2,3)21-16/h4-8,11,13-17H,9-10H2,1-3H3/t11-,13?,14?,15?,16?,17?/m0/s1. The third-order valence-electron chi connectivity index (χ3n) is 5.63. The minimum atomic E-state index is -0.435. The number of alkyl halides is 1. The molecule has 2 bridgehead atoms. The third kappa shape index (κ3) is 2.19. The summed E-state index contributed by atoms with van der Waals surface area (Å²) in [4.78, 5) is 2.67. The number of benzene rings is 1. The van der Waals surface area contributed by atoms with Gasteiger partial charge in [0.15, 0.2) is 5.79 Å². The van der Waals surface area contributed by atoms with Crippen molar-refractivity contribution in [3.8, 4) is 0 Å². The molecule has 1 aliphatic carbocycles. The van der Waals surface area contributed by atoms with Crippen LogP contribution >= 0.6 is 15.9 Å². The molecule has 0 aromatic heterocycles. The van der Waals surface area contributed by atoms with Gasteiger partial charge in [-0.3, -0.25) is 4.90 Å². The van der Waals surface area contributed by atoms with Crippen LogP contribution in [0.25, 0.3) is 0 Å². The van der Waals surface area contributed by atoms with E-state index in [9.17, 15) is 0 Å². The highest BCUT2D eigenvalue weighted by atomic mass is 79.9. The van der Waals surface area contributed by atoms with E-state index >= 15 is 0 Å². The normalized spacial score (nSPS) is 40.8. The number of nitrogens with zero attached hydrogens (tertiary/aromatic N) is 1. The van der Waals surface area contributed by atoms with Crippen LogP contribution in [0.3, 0.4) is 0 Å². The van der Waals surface area contributed by atoms with Crippen LogP contribution in [0.15, 0.2) is 30.3 Å². The van der Waals surface area contributed by atoms with E-state index in [0.29, 0.717) is 24.0 Å². The van der Waals surface area contributed by atoms with Gasteiger partial charge in [0, 0.05) is 29.4 Å². The van der Waals surface area contributed by atoms with Crippen molar-refractivity contribution in [1.82, 2.24) is 4.90 Å². The van der Waals surface area contributed by atoms with Crippen LogP contribution in [0.4, 0.5) is 0 Å². The molecule has 6 atom stereocenters. The van der Waals surface area contributed by atoms with Crippen molar-refractivity contribution in [2.45, 2.75) is 63.3 Å². The Hall–Kier alpha value is -0.420. The molecule has 120 valence electrons. The van der Waals surface area contributed by atoms with Crippen molar-refractivity contribution < 1.29 is 9.47 Å². The predicted molar refractivity (Wildman–Crippen MR) is 90.0 cm³/mol. The lowest BCUT2D eigenvalue weighted by molar-refractivity contribution is -0.156. The molecule has 2 heterocycles. The first kappa shape index (κ1) is 15.1. The summed E-state index contributed by atoms with van der Waals surface area (Å²) >= 11 is 3.75. The van der Waals surface area contributed by atoms with Crippen molar-refractivity contribution in [2.24, 2.45) is 5.92 Å². The van der Waals surface area contributed by atoms with E-state index in [4.69, 9.17) is 9.47 Å². The number of likely N-dealkylation sites (tertiary alicyclic amines) is 1. The first-order valence-electron chi connectivity index (χ1n) is 8.26. The number of fused-ring (bicyclic) bond motifs is 5. The van der Waals surface area contributed by atoms with Gasteiger partial charge in [0.1, 0.15) is 6.10 Å². The number of ether oxygens (including phenoxy) is 2. The van der Waals surface area contributed by atoms with Crippen molar-refractivity contribution in [3.63, 3.8) is 0 Å². The summed E-state index contributed by atoms with van der Waals surface area (Å²) in [6.45, 7) is 6.40. The molecule has 1 aromatic carbocycles. The summed E-state index contributed by atoms with van der Waals surface area (Å²) in [6.07, 6.45) is 1.68. The molecule has 0 amide bonds. The molecule has 3 fully saturated rings. The lowest BCUT2D eigenvalue weighted by Gasteiger charge is -2.42. The van der Waals surface area contributed by atoms with Gasteiger partial charge in [0.2, 0.25) is 0 Å². The quantitative estimate of drug-likeness (QED) is 0.761. The molecule has 4 rings (SSSR count). The number of rotatable bonds is 3. The maximum absolute atomic E-state index is 6.24. The van der Waals surface area contributed by atoms with E-state index in [-0.39, 0.29) is 12.2 Å². The van der Waals surface area contributed by atoms with Gasteiger partial charge in [-0.25, -0.2) is 0 Å². The van der Waals surface area contributed by atoms with Gasteiger partial charge in [-0.05, 0) is 32.8 Å². The van der Waals surface area contributed by atoms with E-state index < -0.39 is 5.79 Å². The molecule has 22 heavy (non-hydrogen) atoms. The fourth-order valence-corrected chi connectivity index (χ4v) is 5.61.